The summed E-state index contributed by atoms with van der Waals surface area (Å²) in [4.78, 5) is 13.1. The van der Waals surface area contributed by atoms with Crippen LogP contribution in [0, 0.1) is 5.21 Å². The van der Waals surface area contributed by atoms with Gasteiger partial charge in [0.05, 0.1) is 5.56 Å². The number of aromatic nitrogens is 1. The maximum atomic E-state index is 11.4. The van der Waals surface area contributed by atoms with Gasteiger partial charge >= 0.3 is 0 Å². The molecule has 0 fully saturated rings. The van der Waals surface area contributed by atoms with Crippen LogP contribution in [0.3, 0.4) is 0 Å². The molecule has 1 amide bonds. The zero-order valence-electron chi connectivity index (χ0n) is 8.54. The molecule has 0 saturated heterocycles. The van der Waals surface area contributed by atoms with Crippen LogP contribution in [0.4, 0.5) is 0 Å². The Morgan fingerprint density at radius 2 is 2.13 bits per heavy atom. The molecule has 1 heterocycles. The van der Waals surface area contributed by atoms with Crippen molar-refractivity contribution >= 4 is 12.2 Å². The van der Waals surface area contributed by atoms with Crippen LogP contribution in [0.15, 0.2) is 29.6 Å². The van der Waals surface area contributed by atoms with Crippen molar-refractivity contribution in [3.8, 4) is 0 Å². The molecule has 0 unspecified atom stereocenters. The molecule has 6 heteroatoms. The molecule has 1 aromatic heterocycles. The molecular formula is C9H12N4O2. The third-order valence-electron chi connectivity index (χ3n) is 1.52. The molecule has 0 aliphatic carbocycles. The van der Waals surface area contributed by atoms with Crippen LogP contribution in [-0.2, 0) is 0 Å². The van der Waals surface area contributed by atoms with Gasteiger partial charge in [-0.25, -0.2) is 5.43 Å². The largest absolute Gasteiger partial charge is 0.619 e. The summed E-state index contributed by atoms with van der Waals surface area (Å²) in [5.41, 5.74) is 2.71. The monoisotopic (exact) mass is 208 g/mol. The van der Waals surface area contributed by atoms with Crippen LogP contribution in [0.25, 0.3) is 0 Å². The first kappa shape index (κ1) is 11.0. The molecule has 0 aromatic carbocycles. The van der Waals surface area contributed by atoms with E-state index >= 15 is 0 Å². The van der Waals surface area contributed by atoms with Crippen LogP contribution in [0.5, 0.6) is 0 Å². The van der Waals surface area contributed by atoms with E-state index in [-0.39, 0.29) is 5.91 Å². The third-order valence-corrected chi connectivity index (χ3v) is 1.52. The highest BCUT2D eigenvalue weighted by atomic mass is 16.5. The number of hydrogen-bond acceptors (Lipinski definition) is 3. The number of carbonyl (C=O) groups is 1. The van der Waals surface area contributed by atoms with Crippen molar-refractivity contribution in [1.82, 2.24) is 10.3 Å². The standard InChI is InChI=1S/C9H12N4O2/c1-12(2)7-10-11-9(14)8-3-5-13(15)6-4-8/h3-7H,1-2H3,(H,11,14)/b10-7+. The topological polar surface area (TPSA) is 71.6 Å². The summed E-state index contributed by atoms with van der Waals surface area (Å²) in [7, 11) is 3.58. The Hall–Kier alpha value is -2.11. The lowest BCUT2D eigenvalue weighted by molar-refractivity contribution is -0.605. The average molecular weight is 208 g/mol. The van der Waals surface area contributed by atoms with Gasteiger partial charge in [0.15, 0.2) is 12.4 Å². The van der Waals surface area contributed by atoms with Crippen LogP contribution < -0.4 is 10.2 Å². The maximum absolute atomic E-state index is 11.4. The van der Waals surface area contributed by atoms with E-state index in [0.29, 0.717) is 10.3 Å². The first-order valence-corrected chi connectivity index (χ1v) is 4.28. The Kier molecular flexibility index (Phi) is 3.61. The minimum atomic E-state index is -0.353. The SMILES string of the molecule is CN(C)/C=N/NC(=O)c1cc[n+]([O-])cc1. The van der Waals surface area contributed by atoms with E-state index in [4.69, 9.17) is 0 Å². The van der Waals surface area contributed by atoms with E-state index in [2.05, 4.69) is 10.5 Å². The van der Waals surface area contributed by atoms with Crippen molar-refractivity contribution < 1.29 is 9.52 Å². The minimum absolute atomic E-state index is 0.353. The first-order valence-electron chi connectivity index (χ1n) is 4.28. The number of nitrogens with zero attached hydrogens (tertiary/aromatic N) is 3. The normalized spacial score (nSPS) is 10.3. The summed E-state index contributed by atoms with van der Waals surface area (Å²) in [5, 5.41) is 14.4. The van der Waals surface area contributed by atoms with E-state index in [1.807, 2.05) is 0 Å². The van der Waals surface area contributed by atoms with Gasteiger partial charge in [-0.2, -0.15) is 9.83 Å². The van der Waals surface area contributed by atoms with Crippen molar-refractivity contribution in [2.75, 3.05) is 14.1 Å². The number of carbonyl (C=O) groups excluding carboxylic acids is 1. The Morgan fingerprint density at radius 1 is 1.53 bits per heavy atom. The Labute approximate surface area is 87.4 Å². The summed E-state index contributed by atoms with van der Waals surface area (Å²) in [6.07, 6.45) is 3.98. The second kappa shape index (κ2) is 4.94. The highest BCUT2D eigenvalue weighted by Gasteiger charge is 2.04. The van der Waals surface area contributed by atoms with Gasteiger partial charge in [-0.1, -0.05) is 0 Å². The third kappa shape index (κ3) is 3.63. The summed E-state index contributed by atoms with van der Waals surface area (Å²) in [6.45, 7) is 0. The molecule has 0 spiro atoms. The van der Waals surface area contributed by atoms with Gasteiger partial charge in [-0.15, -0.1) is 0 Å². The molecule has 0 aliphatic rings. The van der Waals surface area contributed by atoms with Crippen molar-refractivity contribution in [2.24, 2.45) is 5.10 Å². The zero-order valence-corrected chi connectivity index (χ0v) is 8.54. The lowest BCUT2D eigenvalue weighted by Gasteiger charge is -2.03. The highest BCUT2D eigenvalue weighted by Crippen LogP contribution is 1.93. The van der Waals surface area contributed by atoms with Gasteiger partial charge in [-0.05, 0) is 0 Å². The molecule has 0 bridgehead atoms. The number of amides is 1. The highest BCUT2D eigenvalue weighted by molar-refractivity contribution is 5.93. The molecule has 15 heavy (non-hydrogen) atoms. The molecule has 0 saturated carbocycles. The molecule has 0 atom stereocenters. The predicted molar refractivity (Wildman–Crippen MR) is 55.0 cm³/mol. The Bertz CT molecular complexity index is 359. The number of pyridine rings is 1. The van der Waals surface area contributed by atoms with E-state index in [1.165, 1.54) is 30.9 Å². The van der Waals surface area contributed by atoms with Crippen molar-refractivity contribution in [3.05, 3.63) is 35.3 Å². The number of hydrogen-bond donors (Lipinski definition) is 1. The van der Waals surface area contributed by atoms with E-state index in [9.17, 15) is 10.0 Å². The van der Waals surface area contributed by atoms with Gasteiger partial charge in [0.1, 0.15) is 6.34 Å². The van der Waals surface area contributed by atoms with Gasteiger partial charge in [0.2, 0.25) is 0 Å². The van der Waals surface area contributed by atoms with Crippen LogP contribution in [-0.4, -0.2) is 31.2 Å². The van der Waals surface area contributed by atoms with E-state index in [1.54, 1.807) is 19.0 Å². The fourth-order valence-electron chi connectivity index (χ4n) is 0.832. The van der Waals surface area contributed by atoms with Crippen LogP contribution >= 0.6 is 0 Å². The summed E-state index contributed by atoms with van der Waals surface area (Å²) < 4.78 is 0.611. The Morgan fingerprint density at radius 3 is 2.67 bits per heavy atom. The van der Waals surface area contributed by atoms with Crippen molar-refractivity contribution in [3.63, 3.8) is 0 Å². The van der Waals surface area contributed by atoms with Gasteiger partial charge in [0, 0.05) is 26.2 Å². The Balaban J connectivity index is 2.58. The maximum Gasteiger partial charge on any atom is 0.271 e. The fourth-order valence-corrected chi connectivity index (χ4v) is 0.832. The summed E-state index contributed by atoms with van der Waals surface area (Å²) >= 11 is 0. The molecule has 0 aliphatic heterocycles. The lowest BCUT2D eigenvalue weighted by Crippen LogP contribution is -2.26. The summed E-state index contributed by atoms with van der Waals surface area (Å²) in [5.74, 6) is -0.353. The lowest BCUT2D eigenvalue weighted by atomic mass is 10.3. The molecule has 1 rings (SSSR count). The second-order valence-corrected chi connectivity index (χ2v) is 3.10. The molecule has 1 aromatic rings. The van der Waals surface area contributed by atoms with E-state index in [0.717, 1.165) is 0 Å². The molecule has 6 nitrogen and oxygen atoms in total. The molecule has 1 N–H and O–H groups in total. The van der Waals surface area contributed by atoms with Gasteiger partial charge in [-0.3, -0.25) is 4.79 Å². The smallest absolute Gasteiger partial charge is 0.271 e. The number of nitrogens with one attached hydrogen (secondary N) is 1. The summed E-state index contributed by atoms with van der Waals surface area (Å²) in [6, 6.07) is 2.85. The van der Waals surface area contributed by atoms with Crippen molar-refractivity contribution in [2.45, 2.75) is 0 Å². The number of rotatable bonds is 3. The average Bonchev–Trinajstić information content (AvgIpc) is 2.18. The predicted octanol–water partition coefficient (Wildman–Crippen LogP) is -0.445. The van der Waals surface area contributed by atoms with E-state index < -0.39 is 0 Å². The zero-order chi connectivity index (χ0) is 11.3. The van der Waals surface area contributed by atoms with Gasteiger partial charge < -0.3 is 10.1 Å². The molecule has 80 valence electrons. The van der Waals surface area contributed by atoms with Crippen molar-refractivity contribution in [1.29, 1.82) is 0 Å². The number of hydrazone groups is 1. The minimum Gasteiger partial charge on any atom is -0.619 e. The quantitative estimate of drug-likeness (QED) is 0.240. The second-order valence-electron chi connectivity index (χ2n) is 3.10. The fraction of sp³-hybridized carbons (Fsp3) is 0.222. The van der Waals surface area contributed by atoms with Gasteiger partial charge in [0.25, 0.3) is 5.91 Å². The van der Waals surface area contributed by atoms with Crippen LogP contribution in [0.1, 0.15) is 10.4 Å². The molecule has 0 radical (unpaired) electrons. The first-order chi connectivity index (χ1) is 7.09. The van der Waals surface area contributed by atoms with Crippen LogP contribution in [0.2, 0.25) is 0 Å². The molecular weight excluding hydrogens is 196 g/mol.